The second-order valence-electron chi connectivity index (χ2n) is 5.48. The molecule has 0 aliphatic rings. The Morgan fingerprint density at radius 1 is 1.04 bits per heavy atom. The number of rotatable bonds is 9. The second kappa shape index (κ2) is 10.3. The van der Waals surface area contributed by atoms with E-state index < -0.39 is 0 Å². The van der Waals surface area contributed by atoms with Crippen LogP contribution in [0.2, 0.25) is 0 Å². The van der Waals surface area contributed by atoms with Crippen LogP contribution in [0.1, 0.15) is 34.8 Å². The Morgan fingerprint density at radius 3 is 2.23 bits per heavy atom. The molecule has 0 N–H and O–H groups in total. The third-order valence-corrected chi connectivity index (χ3v) is 3.80. The highest BCUT2D eigenvalue weighted by molar-refractivity contribution is 7.78. The van der Waals surface area contributed by atoms with Crippen LogP contribution in [0.15, 0.2) is 54.6 Å². The minimum absolute atomic E-state index is 0.0556. The SMILES string of the molecule is CCOC(=O)CCOc1ccc(C(=O)c2ccc(CC=C=S)cc2)cc1. The lowest BCUT2D eigenvalue weighted by molar-refractivity contribution is -0.143. The lowest BCUT2D eigenvalue weighted by Crippen LogP contribution is -2.09. The molecule has 5 heteroatoms. The number of thiocarbonyl (C=S) groups is 1. The van der Waals surface area contributed by atoms with E-state index in [9.17, 15) is 9.59 Å². The zero-order valence-electron chi connectivity index (χ0n) is 14.6. The van der Waals surface area contributed by atoms with Gasteiger partial charge in [0, 0.05) is 11.1 Å². The van der Waals surface area contributed by atoms with Crippen LogP contribution in [-0.4, -0.2) is 30.0 Å². The first-order chi connectivity index (χ1) is 12.6. The van der Waals surface area contributed by atoms with Gasteiger partial charge in [0.2, 0.25) is 0 Å². The molecule has 0 aliphatic heterocycles. The number of esters is 1. The summed E-state index contributed by atoms with van der Waals surface area (Å²) >= 11 is 4.65. The molecule has 0 saturated carbocycles. The van der Waals surface area contributed by atoms with Crippen molar-refractivity contribution in [1.82, 2.24) is 0 Å². The highest BCUT2D eigenvalue weighted by Crippen LogP contribution is 2.16. The number of ketones is 1. The van der Waals surface area contributed by atoms with E-state index in [1.165, 1.54) is 0 Å². The molecule has 0 amide bonds. The smallest absolute Gasteiger partial charge is 0.309 e. The summed E-state index contributed by atoms with van der Waals surface area (Å²) in [6.45, 7) is 2.36. The summed E-state index contributed by atoms with van der Waals surface area (Å²) in [6.07, 6.45) is 2.67. The highest BCUT2D eigenvalue weighted by atomic mass is 32.1. The molecule has 0 spiro atoms. The molecule has 0 bridgehead atoms. The Labute approximate surface area is 158 Å². The molecular weight excluding hydrogens is 348 g/mol. The van der Waals surface area contributed by atoms with Gasteiger partial charge in [-0.3, -0.25) is 9.59 Å². The number of benzene rings is 2. The first-order valence-electron chi connectivity index (χ1n) is 8.35. The molecular formula is C21H20O4S. The summed E-state index contributed by atoms with van der Waals surface area (Å²) in [6, 6.07) is 14.3. The normalized spacial score (nSPS) is 9.88. The van der Waals surface area contributed by atoms with Crippen molar-refractivity contribution >= 4 is 29.0 Å². The summed E-state index contributed by atoms with van der Waals surface area (Å²) in [5, 5.41) is 2.57. The van der Waals surface area contributed by atoms with E-state index in [0.717, 1.165) is 5.56 Å². The van der Waals surface area contributed by atoms with Gasteiger partial charge in [0.1, 0.15) is 5.75 Å². The average molecular weight is 368 g/mol. The summed E-state index contributed by atoms with van der Waals surface area (Å²) in [7, 11) is 0. The van der Waals surface area contributed by atoms with Crippen molar-refractivity contribution < 1.29 is 19.1 Å². The monoisotopic (exact) mass is 368 g/mol. The molecule has 0 heterocycles. The topological polar surface area (TPSA) is 52.6 Å². The van der Waals surface area contributed by atoms with E-state index in [2.05, 4.69) is 17.2 Å². The predicted molar refractivity (Wildman–Crippen MR) is 104 cm³/mol. The van der Waals surface area contributed by atoms with E-state index in [4.69, 9.17) is 9.47 Å². The molecule has 2 aromatic rings. The third-order valence-electron chi connectivity index (χ3n) is 3.63. The summed E-state index contributed by atoms with van der Waals surface area (Å²) in [5.74, 6) is 0.261. The molecule has 0 aliphatic carbocycles. The standard InChI is InChI=1S/C21H20O4S/c1-2-24-20(22)13-14-25-19-11-9-18(10-12-19)21(23)17-7-5-16(6-8-17)4-3-15-26/h3,5-12H,2,4,13-14H2,1H3. The van der Waals surface area contributed by atoms with Crippen molar-refractivity contribution in [2.75, 3.05) is 13.2 Å². The zero-order chi connectivity index (χ0) is 18.8. The Bertz CT molecular complexity index is 788. The molecule has 26 heavy (non-hydrogen) atoms. The van der Waals surface area contributed by atoms with E-state index in [1.54, 1.807) is 49.4 Å². The number of ether oxygens (including phenoxy) is 2. The van der Waals surface area contributed by atoms with Gasteiger partial charge in [-0.1, -0.05) is 29.3 Å². The van der Waals surface area contributed by atoms with Gasteiger partial charge >= 0.3 is 5.97 Å². The van der Waals surface area contributed by atoms with E-state index in [1.807, 2.05) is 12.1 Å². The Balaban J connectivity index is 1.93. The molecule has 0 fully saturated rings. The fourth-order valence-electron chi connectivity index (χ4n) is 2.31. The molecule has 2 aromatic carbocycles. The molecule has 0 aromatic heterocycles. The van der Waals surface area contributed by atoms with Gasteiger partial charge in [0.25, 0.3) is 0 Å². The minimum atomic E-state index is -0.288. The third kappa shape index (κ3) is 5.96. The highest BCUT2D eigenvalue weighted by Gasteiger charge is 2.09. The Hall–Kier alpha value is -2.75. The summed E-state index contributed by atoms with van der Waals surface area (Å²) < 4.78 is 10.3. The first kappa shape index (κ1) is 19.6. The van der Waals surface area contributed by atoms with Gasteiger partial charge in [-0.15, -0.1) is 0 Å². The van der Waals surface area contributed by atoms with Crippen LogP contribution in [0.4, 0.5) is 0 Å². The maximum Gasteiger partial charge on any atom is 0.309 e. The van der Waals surface area contributed by atoms with Gasteiger partial charge in [0.15, 0.2) is 5.78 Å². The number of allylic oxidation sites excluding steroid dienone is 1. The van der Waals surface area contributed by atoms with E-state index in [-0.39, 0.29) is 24.8 Å². The summed E-state index contributed by atoms with van der Waals surface area (Å²) in [4.78, 5) is 23.8. The second-order valence-corrected chi connectivity index (χ2v) is 5.72. The molecule has 0 saturated heterocycles. The van der Waals surface area contributed by atoms with Gasteiger partial charge in [0.05, 0.1) is 19.6 Å². The maximum atomic E-state index is 12.5. The summed E-state index contributed by atoms with van der Waals surface area (Å²) in [5.41, 5.74) is 2.27. The van der Waals surface area contributed by atoms with E-state index in [0.29, 0.717) is 29.9 Å². The van der Waals surface area contributed by atoms with Crippen LogP contribution in [0.25, 0.3) is 0 Å². The maximum absolute atomic E-state index is 12.5. The Kier molecular flexibility index (Phi) is 7.75. The minimum Gasteiger partial charge on any atom is -0.493 e. The molecule has 134 valence electrons. The van der Waals surface area contributed by atoms with Crippen LogP contribution in [0.5, 0.6) is 5.75 Å². The Morgan fingerprint density at radius 2 is 1.65 bits per heavy atom. The number of hydrogen-bond donors (Lipinski definition) is 0. The molecule has 4 nitrogen and oxygen atoms in total. The lowest BCUT2D eigenvalue weighted by atomic mass is 10.0. The first-order valence-corrected chi connectivity index (χ1v) is 8.76. The van der Waals surface area contributed by atoms with Crippen LogP contribution in [-0.2, 0) is 16.0 Å². The van der Waals surface area contributed by atoms with Crippen molar-refractivity contribution in [2.24, 2.45) is 0 Å². The van der Waals surface area contributed by atoms with Crippen molar-refractivity contribution in [3.63, 3.8) is 0 Å². The molecule has 2 rings (SSSR count). The van der Waals surface area contributed by atoms with Crippen molar-refractivity contribution in [3.8, 4) is 5.75 Å². The largest absolute Gasteiger partial charge is 0.493 e. The van der Waals surface area contributed by atoms with Gasteiger partial charge in [-0.25, -0.2) is 0 Å². The van der Waals surface area contributed by atoms with Gasteiger partial charge < -0.3 is 9.47 Å². The zero-order valence-corrected chi connectivity index (χ0v) is 15.4. The van der Waals surface area contributed by atoms with Crippen LogP contribution >= 0.6 is 12.2 Å². The predicted octanol–water partition coefficient (Wildman–Crippen LogP) is 3.95. The van der Waals surface area contributed by atoms with Crippen molar-refractivity contribution in [1.29, 1.82) is 0 Å². The average Bonchev–Trinajstić information content (AvgIpc) is 2.67. The van der Waals surface area contributed by atoms with E-state index >= 15 is 0 Å². The fraction of sp³-hybridized carbons (Fsp3) is 0.238. The fourth-order valence-corrected chi connectivity index (χ4v) is 2.39. The van der Waals surface area contributed by atoms with Crippen LogP contribution in [0, 0.1) is 0 Å². The molecule has 0 unspecified atom stereocenters. The number of carbonyl (C=O) groups excluding carboxylic acids is 2. The number of hydrogen-bond acceptors (Lipinski definition) is 5. The van der Waals surface area contributed by atoms with Crippen LogP contribution in [0.3, 0.4) is 0 Å². The lowest BCUT2D eigenvalue weighted by Gasteiger charge is -2.07. The quantitative estimate of drug-likeness (QED) is 0.381. The number of carbonyl (C=O) groups is 2. The van der Waals surface area contributed by atoms with Crippen molar-refractivity contribution in [2.45, 2.75) is 19.8 Å². The van der Waals surface area contributed by atoms with Crippen molar-refractivity contribution in [3.05, 3.63) is 71.3 Å². The van der Waals surface area contributed by atoms with Crippen LogP contribution < -0.4 is 4.74 Å². The van der Waals surface area contributed by atoms with Gasteiger partial charge in [-0.2, -0.15) is 0 Å². The molecule has 0 atom stereocenters. The van der Waals surface area contributed by atoms with Gasteiger partial charge in [-0.05, 0) is 61.5 Å². The molecule has 0 radical (unpaired) electrons.